The molecule has 0 N–H and O–H groups in total. The van der Waals surface area contributed by atoms with Crippen LogP contribution >= 0.6 is 0 Å². The molecule has 1 aromatic rings. The number of rotatable bonds is 7. The Bertz CT molecular complexity index is 593. The van der Waals surface area contributed by atoms with Gasteiger partial charge in [-0.3, -0.25) is 0 Å². The normalized spacial score (nSPS) is 26.0. The molecule has 2 aliphatic rings. The molecule has 3 nitrogen and oxygen atoms in total. The minimum atomic E-state index is 0.0956. The SMILES string of the molecule is CCCCCCCC(C)(C)n1nnc2c1CC[C@H]1C(C(C)(C)C)[C@H]1CC2. The molecule has 1 saturated carbocycles. The van der Waals surface area contributed by atoms with Crippen LogP contribution in [0.15, 0.2) is 0 Å². The second-order valence-corrected chi connectivity index (χ2v) is 10.7. The van der Waals surface area contributed by atoms with E-state index in [1.54, 1.807) is 0 Å². The van der Waals surface area contributed by atoms with E-state index in [-0.39, 0.29) is 5.54 Å². The van der Waals surface area contributed by atoms with Crippen molar-refractivity contribution in [1.29, 1.82) is 0 Å². The topological polar surface area (TPSA) is 30.7 Å². The van der Waals surface area contributed by atoms with Gasteiger partial charge in [-0.25, -0.2) is 4.68 Å². The van der Waals surface area contributed by atoms with Crippen LogP contribution in [0.25, 0.3) is 0 Å². The highest BCUT2D eigenvalue weighted by Gasteiger charge is 2.54. The Hall–Kier alpha value is -0.860. The Kier molecular flexibility index (Phi) is 5.84. The summed E-state index contributed by atoms with van der Waals surface area (Å²) in [7, 11) is 0. The van der Waals surface area contributed by atoms with E-state index >= 15 is 0 Å². The predicted octanol–water partition coefficient (Wildman–Crippen LogP) is 6.16. The molecule has 3 heteroatoms. The first-order valence-corrected chi connectivity index (χ1v) is 11.2. The third-order valence-corrected chi connectivity index (χ3v) is 7.07. The molecule has 3 rings (SSSR count). The van der Waals surface area contributed by atoms with Gasteiger partial charge < -0.3 is 0 Å². The molecule has 0 radical (unpaired) electrons. The smallest absolute Gasteiger partial charge is 0.0859 e. The van der Waals surface area contributed by atoms with Crippen LogP contribution in [0.2, 0.25) is 0 Å². The van der Waals surface area contributed by atoms with Gasteiger partial charge in [0.05, 0.1) is 16.9 Å². The number of hydrogen-bond donors (Lipinski definition) is 0. The third-order valence-electron chi connectivity index (χ3n) is 7.07. The monoisotopic (exact) mass is 359 g/mol. The summed E-state index contributed by atoms with van der Waals surface area (Å²) in [6.45, 7) is 14.3. The lowest BCUT2D eigenvalue weighted by molar-refractivity contribution is 0.268. The van der Waals surface area contributed by atoms with Crippen molar-refractivity contribution < 1.29 is 0 Å². The fraction of sp³-hybridized carbons (Fsp3) is 0.913. The van der Waals surface area contributed by atoms with Crippen molar-refractivity contribution in [3.63, 3.8) is 0 Å². The van der Waals surface area contributed by atoms with E-state index in [2.05, 4.69) is 56.5 Å². The molecule has 0 bridgehead atoms. The largest absolute Gasteiger partial charge is 0.244 e. The van der Waals surface area contributed by atoms with Crippen LogP contribution in [0.1, 0.15) is 104 Å². The number of aromatic nitrogens is 3. The van der Waals surface area contributed by atoms with E-state index in [1.807, 2.05) is 0 Å². The summed E-state index contributed by atoms with van der Waals surface area (Å²) in [5, 5.41) is 9.28. The molecule has 0 aromatic carbocycles. The lowest BCUT2D eigenvalue weighted by Crippen LogP contribution is -2.29. The van der Waals surface area contributed by atoms with Crippen LogP contribution in [0, 0.1) is 23.2 Å². The fourth-order valence-electron chi connectivity index (χ4n) is 5.65. The zero-order valence-electron chi connectivity index (χ0n) is 18.1. The molecule has 148 valence electrons. The maximum atomic E-state index is 4.64. The van der Waals surface area contributed by atoms with Gasteiger partial charge in [0.25, 0.3) is 0 Å². The van der Waals surface area contributed by atoms with Gasteiger partial charge in [-0.15, -0.1) is 5.10 Å². The van der Waals surface area contributed by atoms with Crippen molar-refractivity contribution in [3.8, 4) is 0 Å². The van der Waals surface area contributed by atoms with Crippen molar-refractivity contribution in [2.75, 3.05) is 0 Å². The zero-order chi connectivity index (χ0) is 18.9. The maximum absolute atomic E-state index is 4.64. The number of aryl methyl sites for hydroxylation is 1. The molecule has 26 heavy (non-hydrogen) atoms. The number of unbranched alkanes of at least 4 members (excludes halogenated alkanes) is 4. The average Bonchev–Trinajstić information content (AvgIpc) is 3.08. The van der Waals surface area contributed by atoms with Crippen molar-refractivity contribution in [2.24, 2.45) is 23.2 Å². The molecule has 0 amide bonds. The molecular formula is C23H41N3. The van der Waals surface area contributed by atoms with Gasteiger partial charge in [-0.2, -0.15) is 0 Å². The second kappa shape index (κ2) is 7.64. The van der Waals surface area contributed by atoms with Gasteiger partial charge in [0.15, 0.2) is 0 Å². The highest BCUT2D eigenvalue weighted by Crippen LogP contribution is 2.60. The summed E-state index contributed by atoms with van der Waals surface area (Å²) in [6.07, 6.45) is 12.9. The molecule has 1 fully saturated rings. The van der Waals surface area contributed by atoms with E-state index in [4.69, 9.17) is 0 Å². The predicted molar refractivity (Wildman–Crippen MR) is 109 cm³/mol. The van der Waals surface area contributed by atoms with Crippen molar-refractivity contribution >= 4 is 0 Å². The van der Waals surface area contributed by atoms with Gasteiger partial charge in [0, 0.05) is 0 Å². The first-order valence-electron chi connectivity index (χ1n) is 11.2. The van der Waals surface area contributed by atoms with Crippen LogP contribution in [0.5, 0.6) is 0 Å². The average molecular weight is 360 g/mol. The van der Waals surface area contributed by atoms with E-state index in [9.17, 15) is 0 Å². The molecule has 2 aliphatic carbocycles. The number of hydrogen-bond acceptors (Lipinski definition) is 2. The quantitative estimate of drug-likeness (QED) is 0.546. The first kappa shape index (κ1) is 19.9. The van der Waals surface area contributed by atoms with Crippen LogP contribution in [0.4, 0.5) is 0 Å². The first-order chi connectivity index (χ1) is 12.3. The lowest BCUT2D eigenvalue weighted by Gasteiger charge is -2.27. The fourth-order valence-corrected chi connectivity index (χ4v) is 5.65. The zero-order valence-corrected chi connectivity index (χ0v) is 18.1. The number of fused-ring (bicyclic) bond motifs is 2. The third kappa shape index (κ3) is 4.17. The Morgan fingerprint density at radius 1 is 0.923 bits per heavy atom. The summed E-state index contributed by atoms with van der Waals surface area (Å²) < 4.78 is 2.30. The van der Waals surface area contributed by atoms with Crippen molar-refractivity contribution in [2.45, 2.75) is 111 Å². The molecule has 1 unspecified atom stereocenters. The summed E-state index contributed by atoms with van der Waals surface area (Å²) in [6, 6.07) is 0. The van der Waals surface area contributed by atoms with E-state index in [1.165, 1.54) is 69.2 Å². The Labute approximate surface area is 161 Å². The highest BCUT2D eigenvalue weighted by molar-refractivity contribution is 5.17. The lowest BCUT2D eigenvalue weighted by atomic mass is 9.87. The summed E-state index contributed by atoms with van der Waals surface area (Å²) in [5.41, 5.74) is 3.30. The van der Waals surface area contributed by atoms with Gasteiger partial charge in [0.2, 0.25) is 0 Å². The van der Waals surface area contributed by atoms with E-state index in [0.717, 1.165) is 24.2 Å². The maximum Gasteiger partial charge on any atom is 0.0859 e. The number of nitrogens with zero attached hydrogens (tertiary/aromatic N) is 3. The van der Waals surface area contributed by atoms with Crippen molar-refractivity contribution in [1.82, 2.24) is 15.0 Å². The molecule has 3 atom stereocenters. The molecule has 1 aromatic heterocycles. The van der Waals surface area contributed by atoms with E-state index < -0.39 is 0 Å². The van der Waals surface area contributed by atoms with Gasteiger partial charge in [0.1, 0.15) is 0 Å². The summed E-state index contributed by atoms with van der Waals surface area (Å²) in [5.74, 6) is 2.78. The van der Waals surface area contributed by atoms with Gasteiger partial charge in [-0.05, 0) is 69.1 Å². The minimum absolute atomic E-state index is 0.0956. The van der Waals surface area contributed by atoms with Crippen LogP contribution < -0.4 is 0 Å². The van der Waals surface area contributed by atoms with Crippen LogP contribution in [-0.4, -0.2) is 15.0 Å². The standard InChI is InChI=1S/C23H41N3/c1-7-8-9-10-11-16-23(5,6)26-20-15-13-18-17(21(18)22(2,3)4)12-14-19(20)24-25-26/h17-18,21H,7-16H2,1-6H3/t17-,18+,21?/m0/s1. The van der Waals surface area contributed by atoms with Crippen LogP contribution in [-0.2, 0) is 18.4 Å². The molecular weight excluding hydrogens is 318 g/mol. The van der Waals surface area contributed by atoms with Crippen molar-refractivity contribution in [3.05, 3.63) is 11.4 Å². The molecule has 0 saturated heterocycles. The Morgan fingerprint density at radius 2 is 1.58 bits per heavy atom. The minimum Gasteiger partial charge on any atom is -0.244 e. The van der Waals surface area contributed by atoms with Crippen LogP contribution in [0.3, 0.4) is 0 Å². The molecule has 0 spiro atoms. The van der Waals surface area contributed by atoms with Gasteiger partial charge >= 0.3 is 0 Å². The second-order valence-electron chi connectivity index (χ2n) is 10.7. The highest BCUT2D eigenvalue weighted by atomic mass is 15.5. The Morgan fingerprint density at radius 3 is 2.23 bits per heavy atom. The van der Waals surface area contributed by atoms with E-state index in [0.29, 0.717) is 5.41 Å². The molecule has 1 heterocycles. The summed E-state index contributed by atoms with van der Waals surface area (Å²) >= 11 is 0. The molecule has 0 aliphatic heterocycles. The van der Waals surface area contributed by atoms with Gasteiger partial charge in [-0.1, -0.05) is 65.0 Å². The summed E-state index contributed by atoms with van der Waals surface area (Å²) in [4.78, 5) is 0. The Balaban J connectivity index is 1.64.